The molecular formula is C15H15N3O7S2. The normalized spacial score (nSPS) is 26.9. The van der Waals surface area contributed by atoms with Gasteiger partial charge in [-0.3, -0.25) is 19.7 Å². The minimum absolute atomic E-state index is 0.0261. The SMILES string of the molecule is NC1C(=O)N2CC(CSc3ccc([N+](=O)[O-])c(C(=O)O)c3)(C(=O)O)CS[C@H]12. The summed E-state index contributed by atoms with van der Waals surface area (Å²) in [5.74, 6) is -2.44. The third-order valence-corrected chi connectivity index (χ3v) is 7.44. The van der Waals surface area contributed by atoms with Crippen LogP contribution in [0.5, 0.6) is 0 Å². The lowest BCUT2D eigenvalue weighted by Gasteiger charge is -2.52. The summed E-state index contributed by atoms with van der Waals surface area (Å²) in [5, 5.41) is 29.6. The second kappa shape index (κ2) is 7.02. The highest BCUT2D eigenvalue weighted by atomic mass is 32.2. The highest BCUT2D eigenvalue weighted by Crippen LogP contribution is 2.44. The Kier molecular flexibility index (Phi) is 5.06. The fraction of sp³-hybridized carbons (Fsp3) is 0.400. The van der Waals surface area contributed by atoms with E-state index in [-0.39, 0.29) is 29.3 Å². The molecule has 1 aromatic rings. The van der Waals surface area contributed by atoms with Crippen molar-refractivity contribution in [3.63, 3.8) is 0 Å². The van der Waals surface area contributed by atoms with Crippen molar-refractivity contribution in [3.8, 4) is 0 Å². The quantitative estimate of drug-likeness (QED) is 0.262. The van der Waals surface area contributed by atoms with E-state index in [9.17, 15) is 29.6 Å². The van der Waals surface area contributed by atoms with Gasteiger partial charge in [-0.25, -0.2) is 4.79 Å². The topological polar surface area (TPSA) is 164 Å². The van der Waals surface area contributed by atoms with E-state index in [1.807, 2.05) is 0 Å². The Morgan fingerprint density at radius 3 is 2.74 bits per heavy atom. The lowest BCUT2D eigenvalue weighted by molar-refractivity contribution is -0.385. The van der Waals surface area contributed by atoms with Gasteiger partial charge >= 0.3 is 11.9 Å². The van der Waals surface area contributed by atoms with Crippen LogP contribution in [0.4, 0.5) is 5.69 Å². The molecule has 0 bridgehead atoms. The molecule has 0 aliphatic carbocycles. The zero-order valence-electron chi connectivity index (χ0n) is 13.7. The average molecular weight is 413 g/mol. The third-order valence-electron chi connectivity index (χ3n) is 4.55. The van der Waals surface area contributed by atoms with Gasteiger partial charge in [0.05, 0.1) is 4.92 Å². The van der Waals surface area contributed by atoms with Crippen LogP contribution in [0.1, 0.15) is 10.4 Å². The number of carbonyl (C=O) groups excluding carboxylic acids is 1. The van der Waals surface area contributed by atoms with Crippen LogP contribution < -0.4 is 5.73 Å². The fourth-order valence-corrected chi connectivity index (χ4v) is 5.71. The molecule has 3 atom stereocenters. The van der Waals surface area contributed by atoms with Crippen LogP contribution >= 0.6 is 23.5 Å². The van der Waals surface area contributed by atoms with Crippen LogP contribution in [0, 0.1) is 15.5 Å². The molecular weight excluding hydrogens is 398 g/mol. The highest BCUT2D eigenvalue weighted by Gasteiger charge is 2.55. The number of nitrogens with zero attached hydrogens (tertiary/aromatic N) is 2. The molecule has 1 amide bonds. The molecule has 27 heavy (non-hydrogen) atoms. The number of aliphatic carboxylic acids is 1. The van der Waals surface area contributed by atoms with Gasteiger partial charge in [-0.15, -0.1) is 23.5 Å². The number of hydrogen-bond acceptors (Lipinski definition) is 8. The number of nitro groups is 1. The van der Waals surface area contributed by atoms with Crippen LogP contribution in [0.15, 0.2) is 23.1 Å². The first-order chi connectivity index (χ1) is 12.7. The fourth-order valence-electron chi connectivity index (χ4n) is 2.96. The number of amides is 1. The highest BCUT2D eigenvalue weighted by molar-refractivity contribution is 8.00. The molecule has 2 aliphatic heterocycles. The predicted molar refractivity (Wildman–Crippen MR) is 96.8 cm³/mol. The molecule has 2 unspecified atom stereocenters. The Labute approximate surface area is 161 Å². The lowest BCUT2D eigenvalue weighted by atomic mass is 9.89. The molecule has 10 nitrogen and oxygen atoms in total. The summed E-state index contributed by atoms with van der Waals surface area (Å²) in [6.45, 7) is 0.0261. The maximum Gasteiger partial charge on any atom is 0.342 e. The number of nitrogens with two attached hydrogens (primary N) is 1. The van der Waals surface area contributed by atoms with Crippen LogP contribution in [0.2, 0.25) is 0 Å². The van der Waals surface area contributed by atoms with Crippen LogP contribution in [0.3, 0.4) is 0 Å². The number of hydrogen-bond donors (Lipinski definition) is 3. The van der Waals surface area contributed by atoms with E-state index in [0.29, 0.717) is 4.90 Å². The van der Waals surface area contributed by atoms with Crippen molar-refractivity contribution in [1.29, 1.82) is 0 Å². The van der Waals surface area contributed by atoms with Crippen molar-refractivity contribution in [2.24, 2.45) is 11.1 Å². The lowest BCUT2D eigenvalue weighted by Crippen LogP contribution is -2.72. The summed E-state index contributed by atoms with van der Waals surface area (Å²) in [6.07, 6.45) is 0. The van der Waals surface area contributed by atoms with Gasteiger partial charge in [-0.2, -0.15) is 0 Å². The monoisotopic (exact) mass is 413 g/mol. The summed E-state index contributed by atoms with van der Waals surface area (Å²) >= 11 is 2.40. The summed E-state index contributed by atoms with van der Waals surface area (Å²) < 4.78 is 0. The average Bonchev–Trinajstić information content (AvgIpc) is 2.64. The zero-order valence-corrected chi connectivity index (χ0v) is 15.4. The van der Waals surface area contributed by atoms with Gasteiger partial charge in [0.15, 0.2) is 0 Å². The van der Waals surface area contributed by atoms with Crippen LogP contribution in [0.25, 0.3) is 0 Å². The first-order valence-corrected chi connectivity index (χ1v) is 9.75. The molecule has 3 rings (SSSR count). The molecule has 12 heteroatoms. The zero-order chi connectivity index (χ0) is 19.9. The molecule has 4 N–H and O–H groups in total. The molecule has 2 heterocycles. The second-order valence-electron chi connectivity index (χ2n) is 6.31. The molecule has 2 saturated heterocycles. The van der Waals surface area contributed by atoms with Gasteiger partial charge in [-0.05, 0) is 12.1 Å². The summed E-state index contributed by atoms with van der Waals surface area (Å²) in [4.78, 5) is 47.0. The number of carboxylic acid groups (broad SMARTS) is 2. The Morgan fingerprint density at radius 1 is 1.44 bits per heavy atom. The number of carbonyl (C=O) groups is 3. The Hall–Kier alpha value is -2.31. The first-order valence-electron chi connectivity index (χ1n) is 7.72. The number of carboxylic acids is 2. The Morgan fingerprint density at radius 2 is 2.15 bits per heavy atom. The van der Waals surface area contributed by atoms with E-state index >= 15 is 0 Å². The van der Waals surface area contributed by atoms with Crippen molar-refractivity contribution in [1.82, 2.24) is 4.90 Å². The largest absolute Gasteiger partial charge is 0.481 e. The van der Waals surface area contributed by atoms with Gasteiger partial charge in [0.1, 0.15) is 22.4 Å². The number of fused-ring (bicyclic) bond motifs is 1. The van der Waals surface area contributed by atoms with Crippen molar-refractivity contribution in [2.45, 2.75) is 16.3 Å². The molecule has 1 aromatic carbocycles. The van der Waals surface area contributed by atoms with E-state index in [1.54, 1.807) is 0 Å². The number of β-lactam (4-membered cyclic amide) rings is 1. The minimum Gasteiger partial charge on any atom is -0.481 e. The van der Waals surface area contributed by atoms with Crippen molar-refractivity contribution in [3.05, 3.63) is 33.9 Å². The first kappa shape index (κ1) is 19.5. The standard InChI is InChI=1S/C15H15N3O7S2/c16-10-11(19)17-4-15(14(22)23,6-27-12(10)17)5-26-7-1-2-9(18(24)25)8(3-7)13(20)21/h1-3,10,12H,4-6,16H2,(H,20,21)(H,22,23)/t10?,12-,15?/m1/s1. The number of rotatable bonds is 6. The number of benzene rings is 1. The summed E-state index contributed by atoms with van der Waals surface area (Å²) in [7, 11) is 0. The minimum atomic E-state index is -1.44. The van der Waals surface area contributed by atoms with E-state index in [4.69, 9.17) is 10.8 Å². The van der Waals surface area contributed by atoms with Crippen molar-refractivity contribution in [2.75, 3.05) is 18.1 Å². The molecule has 0 spiro atoms. The molecule has 0 saturated carbocycles. The van der Waals surface area contributed by atoms with Gasteiger partial charge < -0.3 is 20.8 Å². The van der Waals surface area contributed by atoms with E-state index < -0.39 is 39.6 Å². The number of thioether (sulfide) groups is 2. The molecule has 0 aromatic heterocycles. The van der Waals surface area contributed by atoms with Crippen LogP contribution in [-0.4, -0.2) is 67.3 Å². The maximum absolute atomic E-state index is 11.9. The van der Waals surface area contributed by atoms with Gasteiger partial charge in [0.2, 0.25) is 5.91 Å². The van der Waals surface area contributed by atoms with Gasteiger partial charge in [0.25, 0.3) is 5.69 Å². The number of nitro benzene ring substituents is 1. The predicted octanol–water partition coefficient (Wildman–Crippen LogP) is 0.698. The summed E-state index contributed by atoms with van der Waals surface area (Å²) in [5.41, 5.74) is 3.51. The number of aromatic carboxylic acids is 1. The maximum atomic E-state index is 11.9. The van der Waals surface area contributed by atoms with Gasteiger partial charge in [-0.1, -0.05) is 0 Å². The molecule has 2 fully saturated rings. The van der Waals surface area contributed by atoms with Crippen LogP contribution in [-0.2, 0) is 9.59 Å². The second-order valence-corrected chi connectivity index (χ2v) is 8.46. The van der Waals surface area contributed by atoms with E-state index in [1.165, 1.54) is 22.7 Å². The van der Waals surface area contributed by atoms with E-state index in [0.717, 1.165) is 23.9 Å². The molecule has 144 valence electrons. The Bertz CT molecular complexity index is 849. The summed E-state index contributed by atoms with van der Waals surface area (Å²) in [6, 6.07) is 3.02. The van der Waals surface area contributed by atoms with Crippen molar-refractivity contribution < 1.29 is 29.5 Å². The smallest absolute Gasteiger partial charge is 0.342 e. The molecule has 0 radical (unpaired) electrons. The third kappa shape index (κ3) is 3.35. The Balaban J connectivity index is 1.79. The van der Waals surface area contributed by atoms with Gasteiger partial charge in [0, 0.05) is 29.0 Å². The van der Waals surface area contributed by atoms with E-state index in [2.05, 4.69) is 0 Å². The molecule has 2 aliphatic rings. The van der Waals surface area contributed by atoms with Crippen molar-refractivity contribution >= 4 is 47.1 Å².